The molecule has 7 heteroatoms. The normalized spacial score (nSPS) is 26.4. The molecule has 3 atom stereocenters. The average molecular weight is 323 g/mol. The minimum absolute atomic E-state index is 0.0780. The van der Waals surface area contributed by atoms with Gasteiger partial charge < -0.3 is 9.64 Å². The zero-order valence-electron chi connectivity index (χ0n) is 15.3. The highest BCUT2D eigenvalue weighted by atomic mass is 16.6. The Kier molecular flexibility index (Phi) is 4.98. The first-order valence-electron chi connectivity index (χ1n) is 8.18. The van der Waals surface area contributed by atoms with Gasteiger partial charge in [0.05, 0.1) is 6.54 Å². The summed E-state index contributed by atoms with van der Waals surface area (Å²) < 4.78 is 7.34. The van der Waals surface area contributed by atoms with E-state index in [2.05, 4.69) is 35.8 Å². The van der Waals surface area contributed by atoms with Crippen LogP contribution in [0.1, 0.15) is 47.4 Å². The summed E-state index contributed by atoms with van der Waals surface area (Å²) >= 11 is 0. The summed E-state index contributed by atoms with van der Waals surface area (Å²) in [7, 11) is 1.90. The molecule has 0 bridgehead atoms. The Morgan fingerprint density at radius 3 is 2.48 bits per heavy atom. The molecule has 0 saturated carbocycles. The molecule has 1 aromatic rings. The van der Waals surface area contributed by atoms with Gasteiger partial charge in [0.25, 0.3) is 0 Å². The lowest BCUT2D eigenvalue weighted by Gasteiger charge is -2.48. The van der Waals surface area contributed by atoms with Crippen molar-refractivity contribution < 1.29 is 9.53 Å². The molecule has 1 saturated heterocycles. The molecule has 7 nitrogen and oxygen atoms in total. The van der Waals surface area contributed by atoms with Gasteiger partial charge in [-0.05, 0) is 41.5 Å². The molecular formula is C16H29N5O2. The number of ether oxygens (including phenoxy) is 1. The molecule has 1 amide bonds. The lowest BCUT2D eigenvalue weighted by molar-refractivity contribution is -0.0331. The molecular weight excluding hydrogens is 294 g/mol. The maximum atomic E-state index is 12.5. The van der Waals surface area contributed by atoms with E-state index in [0.29, 0.717) is 6.54 Å². The Bertz CT molecular complexity index is 551. The monoisotopic (exact) mass is 323 g/mol. The smallest absolute Gasteiger partial charge is 0.410 e. The second kappa shape index (κ2) is 6.47. The number of amides is 1. The zero-order chi connectivity index (χ0) is 17.4. The van der Waals surface area contributed by atoms with E-state index in [-0.39, 0.29) is 24.2 Å². The van der Waals surface area contributed by atoms with Crippen LogP contribution < -0.4 is 0 Å². The number of nitrogens with zero attached hydrogens (tertiary/aromatic N) is 5. The van der Waals surface area contributed by atoms with Crippen LogP contribution in [-0.2, 0) is 18.3 Å². The summed E-state index contributed by atoms with van der Waals surface area (Å²) in [6, 6.07) is 0.516. The van der Waals surface area contributed by atoms with E-state index in [1.807, 2.05) is 32.7 Å². The standard InChI is InChI=1S/C16H29N5O2/c1-11-8-21(15(22)23-16(4,5)6)13(3)12(2)20(11)9-14-17-10-18-19(14)7/h10-13H,8-9H2,1-7H3. The van der Waals surface area contributed by atoms with E-state index in [4.69, 9.17) is 4.74 Å². The number of carbonyl (C=O) groups excluding carboxylic acids is 1. The molecule has 130 valence electrons. The first-order chi connectivity index (χ1) is 10.6. The molecule has 1 aliphatic heterocycles. The van der Waals surface area contributed by atoms with E-state index < -0.39 is 5.60 Å². The van der Waals surface area contributed by atoms with E-state index in [1.54, 1.807) is 11.0 Å². The molecule has 1 fully saturated rings. The summed E-state index contributed by atoms with van der Waals surface area (Å²) in [5.74, 6) is 0.932. The van der Waals surface area contributed by atoms with Crippen molar-refractivity contribution in [1.82, 2.24) is 24.6 Å². The summed E-state index contributed by atoms with van der Waals surface area (Å²) in [6.45, 7) is 13.4. The van der Waals surface area contributed by atoms with Crippen LogP contribution in [0.15, 0.2) is 6.33 Å². The highest BCUT2D eigenvalue weighted by Gasteiger charge is 2.39. The van der Waals surface area contributed by atoms with Crippen LogP contribution in [0, 0.1) is 0 Å². The van der Waals surface area contributed by atoms with Gasteiger partial charge in [-0.15, -0.1) is 0 Å². The van der Waals surface area contributed by atoms with E-state index in [0.717, 1.165) is 12.4 Å². The topological polar surface area (TPSA) is 63.5 Å². The Morgan fingerprint density at radius 1 is 1.30 bits per heavy atom. The Balaban J connectivity index is 2.09. The third kappa shape index (κ3) is 4.02. The van der Waals surface area contributed by atoms with Crippen molar-refractivity contribution in [3.8, 4) is 0 Å². The van der Waals surface area contributed by atoms with Crippen molar-refractivity contribution in [2.75, 3.05) is 6.54 Å². The van der Waals surface area contributed by atoms with Gasteiger partial charge in [-0.3, -0.25) is 9.58 Å². The predicted octanol–water partition coefficient (Wildman–Crippen LogP) is 2.03. The van der Waals surface area contributed by atoms with Crippen LogP contribution in [0.4, 0.5) is 4.79 Å². The van der Waals surface area contributed by atoms with Gasteiger partial charge in [0.1, 0.15) is 17.8 Å². The lowest BCUT2D eigenvalue weighted by Crippen LogP contribution is -2.62. The zero-order valence-corrected chi connectivity index (χ0v) is 15.3. The van der Waals surface area contributed by atoms with Gasteiger partial charge in [-0.2, -0.15) is 5.10 Å². The lowest BCUT2D eigenvalue weighted by atomic mass is 10.0. The van der Waals surface area contributed by atoms with Crippen molar-refractivity contribution in [1.29, 1.82) is 0 Å². The molecule has 0 spiro atoms. The summed E-state index contributed by atoms with van der Waals surface area (Å²) in [5, 5.41) is 4.13. The van der Waals surface area contributed by atoms with E-state index >= 15 is 0 Å². The first-order valence-corrected chi connectivity index (χ1v) is 8.18. The SMILES string of the molecule is CC1C(C)N(Cc2ncnn2C)C(C)CN1C(=O)OC(C)(C)C. The molecule has 1 aliphatic rings. The van der Waals surface area contributed by atoms with Crippen LogP contribution >= 0.6 is 0 Å². The van der Waals surface area contributed by atoms with E-state index in [9.17, 15) is 4.79 Å². The van der Waals surface area contributed by atoms with Crippen LogP contribution in [0.5, 0.6) is 0 Å². The quantitative estimate of drug-likeness (QED) is 0.833. The van der Waals surface area contributed by atoms with Gasteiger partial charge >= 0.3 is 6.09 Å². The number of hydrogen-bond donors (Lipinski definition) is 0. The van der Waals surface area contributed by atoms with Crippen molar-refractivity contribution >= 4 is 6.09 Å². The van der Waals surface area contributed by atoms with Crippen LogP contribution in [-0.4, -0.2) is 60.9 Å². The highest BCUT2D eigenvalue weighted by Crippen LogP contribution is 2.25. The molecule has 0 N–H and O–H groups in total. The summed E-state index contributed by atoms with van der Waals surface area (Å²) in [4.78, 5) is 21.0. The Morgan fingerprint density at radius 2 is 1.96 bits per heavy atom. The molecule has 2 heterocycles. The number of rotatable bonds is 2. The Hall–Kier alpha value is -1.63. The molecule has 0 radical (unpaired) electrons. The molecule has 0 aromatic carbocycles. The number of aromatic nitrogens is 3. The van der Waals surface area contributed by atoms with Gasteiger partial charge in [0.15, 0.2) is 0 Å². The van der Waals surface area contributed by atoms with Crippen molar-refractivity contribution in [3.63, 3.8) is 0 Å². The fraction of sp³-hybridized carbons (Fsp3) is 0.812. The number of piperazine rings is 1. The highest BCUT2D eigenvalue weighted by molar-refractivity contribution is 5.69. The fourth-order valence-corrected chi connectivity index (χ4v) is 2.98. The maximum Gasteiger partial charge on any atom is 0.410 e. The molecule has 2 rings (SSSR count). The van der Waals surface area contributed by atoms with Crippen LogP contribution in [0.3, 0.4) is 0 Å². The number of aryl methyl sites for hydroxylation is 1. The molecule has 1 aromatic heterocycles. The maximum absolute atomic E-state index is 12.5. The number of hydrogen-bond acceptors (Lipinski definition) is 5. The van der Waals surface area contributed by atoms with Gasteiger partial charge in [-0.25, -0.2) is 9.78 Å². The largest absolute Gasteiger partial charge is 0.444 e. The van der Waals surface area contributed by atoms with Crippen LogP contribution in [0.2, 0.25) is 0 Å². The minimum Gasteiger partial charge on any atom is -0.444 e. The second-order valence-electron chi connectivity index (χ2n) is 7.44. The van der Waals surface area contributed by atoms with E-state index in [1.165, 1.54) is 0 Å². The summed E-state index contributed by atoms with van der Waals surface area (Å²) in [6.07, 6.45) is 1.34. The van der Waals surface area contributed by atoms with Gasteiger partial charge in [-0.1, -0.05) is 0 Å². The molecule has 3 unspecified atom stereocenters. The van der Waals surface area contributed by atoms with Gasteiger partial charge in [0, 0.05) is 31.7 Å². The summed E-state index contributed by atoms with van der Waals surface area (Å²) in [5.41, 5.74) is -0.473. The fourth-order valence-electron chi connectivity index (χ4n) is 2.98. The Labute approximate surface area is 138 Å². The minimum atomic E-state index is -0.473. The third-order valence-corrected chi connectivity index (χ3v) is 4.50. The average Bonchev–Trinajstić information content (AvgIpc) is 2.82. The van der Waals surface area contributed by atoms with Gasteiger partial charge in [0.2, 0.25) is 0 Å². The predicted molar refractivity (Wildman–Crippen MR) is 87.9 cm³/mol. The van der Waals surface area contributed by atoms with Crippen molar-refractivity contribution in [3.05, 3.63) is 12.2 Å². The first kappa shape index (κ1) is 17.7. The van der Waals surface area contributed by atoms with Crippen molar-refractivity contribution in [2.45, 2.75) is 71.8 Å². The van der Waals surface area contributed by atoms with Crippen molar-refractivity contribution in [2.24, 2.45) is 7.05 Å². The van der Waals surface area contributed by atoms with Crippen LogP contribution in [0.25, 0.3) is 0 Å². The third-order valence-electron chi connectivity index (χ3n) is 4.50. The molecule has 23 heavy (non-hydrogen) atoms. The molecule has 0 aliphatic carbocycles. The number of carbonyl (C=O) groups is 1. The second-order valence-corrected chi connectivity index (χ2v) is 7.44.